The zero-order valence-corrected chi connectivity index (χ0v) is 13.3. The van der Waals surface area contributed by atoms with Gasteiger partial charge in [-0.25, -0.2) is 0 Å². The predicted octanol–water partition coefficient (Wildman–Crippen LogP) is 5.44. The van der Waals surface area contributed by atoms with Crippen molar-refractivity contribution in [2.75, 3.05) is 0 Å². The minimum atomic E-state index is 0.282. The maximum atomic E-state index is 6.00. The number of para-hydroxylation sites is 1. The Morgan fingerprint density at radius 3 is 2.67 bits per heavy atom. The zero-order chi connectivity index (χ0) is 14.7. The largest absolute Gasteiger partial charge is 0.459 e. The van der Waals surface area contributed by atoms with Gasteiger partial charge in [0, 0.05) is 11.4 Å². The van der Waals surface area contributed by atoms with Crippen molar-refractivity contribution in [3.8, 4) is 0 Å². The van der Waals surface area contributed by atoms with Gasteiger partial charge in [-0.05, 0) is 44.2 Å². The summed E-state index contributed by atoms with van der Waals surface area (Å²) in [6.45, 7) is 4.53. The molecule has 2 aromatic rings. The van der Waals surface area contributed by atoms with Crippen LogP contribution in [-0.4, -0.2) is 6.04 Å². The number of rotatable bonds is 5. The van der Waals surface area contributed by atoms with Crippen molar-refractivity contribution < 1.29 is 4.42 Å². The molecule has 0 saturated heterocycles. The Morgan fingerprint density at radius 2 is 1.95 bits per heavy atom. The van der Waals surface area contributed by atoms with Crippen LogP contribution in [0.25, 0.3) is 11.0 Å². The number of benzene rings is 1. The summed E-state index contributed by atoms with van der Waals surface area (Å²) in [7, 11) is 0. The molecule has 1 saturated carbocycles. The third-order valence-corrected chi connectivity index (χ3v) is 4.99. The molecule has 0 aliphatic heterocycles. The van der Waals surface area contributed by atoms with Crippen LogP contribution >= 0.6 is 0 Å². The molecule has 1 aliphatic rings. The van der Waals surface area contributed by atoms with Crippen molar-refractivity contribution in [3.63, 3.8) is 0 Å². The number of hydrogen-bond donors (Lipinski definition) is 1. The Bertz CT molecular complexity index is 535. The van der Waals surface area contributed by atoms with Crippen LogP contribution in [-0.2, 0) is 0 Å². The standard InChI is InChI=1S/C19H27NO/c1-3-17(15-9-5-4-6-10-15)20-14(2)19-13-16-11-7-8-12-18(16)21-19/h7-8,11-15,17,20H,3-6,9-10H2,1-2H3. The van der Waals surface area contributed by atoms with E-state index < -0.39 is 0 Å². The van der Waals surface area contributed by atoms with Gasteiger partial charge in [0.15, 0.2) is 0 Å². The first-order valence-corrected chi connectivity index (χ1v) is 8.52. The summed E-state index contributed by atoms with van der Waals surface area (Å²) in [6.07, 6.45) is 8.21. The molecule has 21 heavy (non-hydrogen) atoms. The molecule has 0 amide bonds. The Kier molecular flexibility index (Phi) is 4.64. The molecule has 114 valence electrons. The summed E-state index contributed by atoms with van der Waals surface area (Å²) in [5.41, 5.74) is 0.992. The summed E-state index contributed by atoms with van der Waals surface area (Å²) in [4.78, 5) is 0. The fraction of sp³-hybridized carbons (Fsp3) is 0.579. The van der Waals surface area contributed by atoms with Crippen molar-refractivity contribution in [3.05, 3.63) is 36.1 Å². The van der Waals surface area contributed by atoms with E-state index in [0.717, 1.165) is 17.3 Å². The minimum Gasteiger partial charge on any atom is -0.459 e. The van der Waals surface area contributed by atoms with Gasteiger partial charge in [0.05, 0.1) is 6.04 Å². The lowest BCUT2D eigenvalue weighted by molar-refractivity contribution is 0.242. The molecule has 1 aromatic heterocycles. The highest BCUT2D eigenvalue weighted by Crippen LogP contribution is 2.30. The van der Waals surface area contributed by atoms with Crippen LogP contribution in [0.2, 0.25) is 0 Å². The highest BCUT2D eigenvalue weighted by atomic mass is 16.3. The van der Waals surface area contributed by atoms with Crippen molar-refractivity contribution in [2.45, 2.75) is 64.5 Å². The highest BCUT2D eigenvalue weighted by Gasteiger charge is 2.24. The van der Waals surface area contributed by atoms with Gasteiger partial charge in [-0.3, -0.25) is 0 Å². The van der Waals surface area contributed by atoms with E-state index in [-0.39, 0.29) is 6.04 Å². The summed E-state index contributed by atoms with van der Waals surface area (Å²) in [6, 6.07) is 11.3. The summed E-state index contributed by atoms with van der Waals surface area (Å²) in [5, 5.41) is 5.02. The van der Waals surface area contributed by atoms with Crippen molar-refractivity contribution in [1.29, 1.82) is 0 Å². The molecule has 3 rings (SSSR count). The van der Waals surface area contributed by atoms with Crippen LogP contribution in [0.5, 0.6) is 0 Å². The normalized spacial score (nSPS) is 19.7. The number of hydrogen-bond acceptors (Lipinski definition) is 2. The van der Waals surface area contributed by atoms with E-state index in [0.29, 0.717) is 6.04 Å². The second kappa shape index (κ2) is 6.65. The van der Waals surface area contributed by atoms with Gasteiger partial charge in [-0.2, -0.15) is 0 Å². The lowest BCUT2D eigenvalue weighted by Gasteiger charge is -2.32. The molecule has 0 bridgehead atoms. The lowest BCUT2D eigenvalue weighted by atomic mass is 9.82. The van der Waals surface area contributed by atoms with E-state index in [9.17, 15) is 0 Å². The molecule has 1 heterocycles. The maximum absolute atomic E-state index is 6.00. The van der Waals surface area contributed by atoms with Crippen molar-refractivity contribution in [2.24, 2.45) is 5.92 Å². The Hall–Kier alpha value is -1.28. The quantitative estimate of drug-likeness (QED) is 0.791. The Morgan fingerprint density at radius 1 is 1.19 bits per heavy atom. The second-order valence-electron chi connectivity index (χ2n) is 6.49. The average Bonchev–Trinajstić information content (AvgIpc) is 2.97. The SMILES string of the molecule is CCC(NC(C)c1cc2ccccc2o1)C1CCCCC1. The lowest BCUT2D eigenvalue weighted by Crippen LogP contribution is -2.38. The van der Waals surface area contributed by atoms with Crippen LogP contribution in [0.3, 0.4) is 0 Å². The van der Waals surface area contributed by atoms with Gasteiger partial charge in [0.1, 0.15) is 11.3 Å². The first kappa shape index (κ1) is 14.6. The van der Waals surface area contributed by atoms with E-state index in [1.807, 2.05) is 12.1 Å². The van der Waals surface area contributed by atoms with E-state index in [1.54, 1.807) is 0 Å². The Balaban J connectivity index is 1.69. The summed E-state index contributed by atoms with van der Waals surface area (Å²) >= 11 is 0. The van der Waals surface area contributed by atoms with E-state index in [1.165, 1.54) is 43.9 Å². The first-order chi connectivity index (χ1) is 10.3. The smallest absolute Gasteiger partial charge is 0.134 e. The molecular formula is C19H27NO. The number of fused-ring (bicyclic) bond motifs is 1. The summed E-state index contributed by atoms with van der Waals surface area (Å²) in [5.74, 6) is 1.90. The van der Waals surface area contributed by atoms with Crippen molar-refractivity contribution in [1.82, 2.24) is 5.32 Å². The van der Waals surface area contributed by atoms with Gasteiger partial charge in [0.25, 0.3) is 0 Å². The molecule has 0 spiro atoms. The molecule has 2 unspecified atom stereocenters. The maximum Gasteiger partial charge on any atom is 0.134 e. The molecule has 2 atom stereocenters. The minimum absolute atomic E-state index is 0.282. The topological polar surface area (TPSA) is 25.2 Å². The zero-order valence-electron chi connectivity index (χ0n) is 13.3. The van der Waals surface area contributed by atoms with Crippen LogP contribution < -0.4 is 5.32 Å². The Labute approximate surface area is 127 Å². The number of nitrogens with one attached hydrogen (secondary N) is 1. The van der Waals surface area contributed by atoms with Crippen molar-refractivity contribution >= 4 is 11.0 Å². The van der Waals surface area contributed by atoms with E-state index in [2.05, 4.69) is 37.4 Å². The van der Waals surface area contributed by atoms with Crippen LogP contribution in [0.15, 0.2) is 34.7 Å². The molecule has 1 N–H and O–H groups in total. The molecular weight excluding hydrogens is 258 g/mol. The van der Waals surface area contributed by atoms with E-state index in [4.69, 9.17) is 4.42 Å². The van der Waals surface area contributed by atoms with Gasteiger partial charge >= 0.3 is 0 Å². The second-order valence-corrected chi connectivity index (χ2v) is 6.49. The third kappa shape index (κ3) is 3.32. The highest BCUT2D eigenvalue weighted by molar-refractivity contribution is 5.77. The summed E-state index contributed by atoms with van der Waals surface area (Å²) < 4.78 is 6.00. The van der Waals surface area contributed by atoms with Gasteiger partial charge < -0.3 is 9.73 Å². The average molecular weight is 285 g/mol. The van der Waals surface area contributed by atoms with Gasteiger partial charge in [-0.15, -0.1) is 0 Å². The molecule has 1 aliphatic carbocycles. The van der Waals surface area contributed by atoms with Crippen LogP contribution in [0.4, 0.5) is 0 Å². The monoisotopic (exact) mass is 285 g/mol. The van der Waals surface area contributed by atoms with Gasteiger partial charge in [-0.1, -0.05) is 44.4 Å². The number of furan rings is 1. The van der Waals surface area contributed by atoms with Crippen LogP contribution in [0.1, 0.15) is 64.2 Å². The third-order valence-electron chi connectivity index (χ3n) is 4.99. The first-order valence-electron chi connectivity index (χ1n) is 8.52. The van der Waals surface area contributed by atoms with Crippen LogP contribution in [0, 0.1) is 5.92 Å². The molecule has 2 heteroatoms. The molecule has 0 radical (unpaired) electrons. The van der Waals surface area contributed by atoms with Gasteiger partial charge in [0.2, 0.25) is 0 Å². The predicted molar refractivity (Wildman–Crippen MR) is 88.4 cm³/mol. The molecule has 1 fully saturated rings. The molecule has 2 nitrogen and oxygen atoms in total. The fourth-order valence-electron chi connectivity index (χ4n) is 3.74. The fourth-order valence-corrected chi connectivity index (χ4v) is 3.74. The molecule has 1 aromatic carbocycles. The van der Waals surface area contributed by atoms with E-state index >= 15 is 0 Å².